The molecule has 2 rings (SSSR count). The lowest BCUT2D eigenvalue weighted by Crippen LogP contribution is -2.21. The van der Waals surface area contributed by atoms with Gasteiger partial charge in [-0.1, -0.05) is 48.0 Å². The first kappa shape index (κ1) is 16.1. The van der Waals surface area contributed by atoms with Crippen molar-refractivity contribution in [1.82, 2.24) is 0 Å². The first-order chi connectivity index (χ1) is 10.1. The van der Waals surface area contributed by atoms with Gasteiger partial charge >= 0.3 is 0 Å². The Morgan fingerprint density at radius 3 is 2.52 bits per heavy atom. The summed E-state index contributed by atoms with van der Waals surface area (Å²) in [5.74, 6) is 1.71. The van der Waals surface area contributed by atoms with Crippen LogP contribution in [0.2, 0.25) is 0 Å². The van der Waals surface area contributed by atoms with Gasteiger partial charge in [-0.15, -0.1) is 0 Å². The third-order valence-electron chi connectivity index (χ3n) is 3.57. The summed E-state index contributed by atoms with van der Waals surface area (Å²) >= 11 is 3.61. The van der Waals surface area contributed by atoms with Crippen LogP contribution in [0, 0.1) is 0 Å². The molecule has 0 spiro atoms. The average molecular weight is 348 g/mol. The number of ether oxygens (including phenoxy) is 1. The van der Waals surface area contributed by atoms with Crippen LogP contribution >= 0.6 is 15.9 Å². The highest BCUT2D eigenvalue weighted by Gasteiger charge is 2.07. The fourth-order valence-corrected chi connectivity index (χ4v) is 2.67. The summed E-state index contributed by atoms with van der Waals surface area (Å²) in [4.78, 5) is 0. The molecule has 0 aliphatic carbocycles. The Balaban J connectivity index is 2.12. The van der Waals surface area contributed by atoms with Crippen molar-refractivity contribution in [1.29, 1.82) is 0 Å². The maximum atomic E-state index is 6.02. The number of halogens is 1. The molecule has 2 N–H and O–H groups in total. The second kappa shape index (κ2) is 7.62. The van der Waals surface area contributed by atoms with E-state index >= 15 is 0 Å². The smallest absolute Gasteiger partial charge is 0.128 e. The van der Waals surface area contributed by atoms with Crippen LogP contribution in [0.15, 0.2) is 46.9 Å². The quantitative estimate of drug-likeness (QED) is 0.790. The largest absolute Gasteiger partial charge is 0.457 e. The molecule has 3 heteroatoms. The summed E-state index contributed by atoms with van der Waals surface area (Å²) in [5.41, 5.74) is 8.51. The fourth-order valence-electron chi connectivity index (χ4n) is 2.15. The highest BCUT2D eigenvalue weighted by atomic mass is 79.9. The minimum atomic E-state index is 0.203. The van der Waals surface area contributed by atoms with Gasteiger partial charge in [0, 0.05) is 10.5 Å². The Morgan fingerprint density at radius 2 is 1.86 bits per heavy atom. The predicted octanol–water partition coefficient (Wildman–Crippen LogP) is 5.08. The molecule has 0 radical (unpaired) electrons. The van der Waals surface area contributed by atoms with Crippen molar-refractivity contribution < 1.29 is 4.74 Å². The van der Waals surface area contributed by atoms with E-state index in [-0.39, 0.29) is 6.04 Å². The summed E-state index contributed by atoms with van der Waals surface area (Å²) in [6, 6.07) is 14.5. The highest BCUT2D eigenvalue weighted by molar-refractivity contribution is 9.10. The van der Waals surface area contributed by atoms with Gasteiger partial charge < -0.3 is 10.5 Å². The summed E-state index contributed by atoms with van der Waals surface area (Å²) in [6.45, 7) is 4.25. The Labute approximate surface area is 135 Å². The SMILES string of the molecule is CCc1cccc(Oc2ccc(CC(N)CC)c(Br)c2)c1. The zero-order valence-corrected chi connectivity index (χ0v) is 14.2. The van der Waals surface area contributed by atoms with E-state index in [0.717, 1.165) is 35.2 Å². The van der Waals surface area contributed by atoms with Gasteiger partial charge in [-0.05, 0) is 54.7 Å². The van der Waals surface area contributed by atoms with E-state index in [1.807, 2.05) is 24.3 Å². The molecule has 21 heavy (non-hydrogen) atoms. The molecule has 0 saturated carbocycles. The van der Waals surface area contributed by atoms with Gasteiger partial charge in [0.2, 0.25) is 0 Å². The molecule has 112 valence electrons. The van der Waals surface area contributed by atoms with E-state index in [0.29, 0.717) is 0 Å². The van der Waals surface area contributed by atoms with Crippen LogP contribution in [0.1, 0.15) is 31.4 Å². The Bertz CT molecular complexity index is 598. The number of aryl methyl sites for hydroxylation is 1. The average Bonchev–Trinajstić information content (AvgIpc) is 2.50. The first-order valence-electron chi connectivity index (χ1n) is 7.43. The molecule has 1 atom stereocenters. The molecule has 2 nitrogen and oxygen atoms in total. The molecule has 0 amide bonds. The zero-order chi connectivity index (χ0) is 15.2. The molecule has 0 heterocycles. The summed E-state index contributed by atoms with van der Waals surface area (Å²) in [6.07, 6.45) is 2.87. The second-order valence-corrected chi connectivity index (χ2v) is 6.08. The van der Waals surface area contributed by atoms with Gasteiger partial charge in [0.1, 0.15) is 11.5 Å². The van der Waals surface area contributed by atoms with Crippen LogP contribution in [0.5, 0.6) is 11.5 Å². The minimum Gasteiger partial charge on any atom is -0.457 e. The Morgan fingerprint density at radius 1 is 1.10 bits per heavy atom. The van der Waals surface area contributed by atoms with E-state index in [2.05, 4.69) is 48.0 Å². The summed E-state index contributed by atoms with van der Waals surface area (Å²) < 4.78 is 6.98. The first-order valence-corrected chi connectivity index (χ1v) is 8.22. The van der Waals surface area contributed by atoms with Crippen LogP contribution in [0.4, 0.5) is 0 Å². The molecule has 0 aliphatic heterocycles. The number of rotatable bonds is 6. The lowest BCUT2D eigenvalue weighted by molar-refractivity contribution is 0.481. The Hall–Kier alpha value is -1.32. The molecule has 0 bridgehead atoms. The summed E-state index contributed by atoms with van der Waals surface area (Å²) in [5, 5.41) is 0. The molecular weight excluding hydrogens is 326 g/mol. The van der Waals surface area contributed by atoms with Crippen molar-refractivity contribution in [3.8, 4) is 11.5 Å². The monoisotopic (exact) mass is 347 g/mol. The summed E-state index contributed by atoms with van der Waals surface area (Å²) in [7, 11) is 0. The van der Waals surface area contributed by atoms with Crippen molar-refractivity contribution in [3.05, 3.63) is 58.1 Å². The van der Waals surface area contributed by atoms with Gasteiger partial charge in [0.25, 0.3) is 0 Å². The van der Waals surface area contributed by atoms with E-state index in [1.165, 1.54) is 11.1 Å². The Kier molecular flexibility index (Phi) is 5.83. The van der Waals surface area contributed by atoms with E-state index in [9.17, 15) is 0 Å². The van der Waals surface area contributed by atoms with Crippen LogP contribution in [-0.4, -0.2) is 6.04 Å². The highest BCUT2D eigenvalue weighted by Crippen LogP contribution is 2.28. The van der Waals surface area contributed by atoms with Gasteiger partial charge in [-0.25, -0.2) is 0 Å². The fraction of sp³-hybridized carbons (Fsp3) is 0.333. The number of benzene rings is 2. The number of hydrogen-bond donors (Lipinski definition) is 1. The van der Waals surface area contributed by atoms with E-state index in [4.69, 9.17) is 10.5 Å². The van der Waals surface area contributed by atoms with Gasteiger partial charge in [-0.3, -0.25) is 0 Å². The standard InChI is InChI=1S/C18H22BrNO/c1-3-13-6-5-7-16(10-13)21-17-9-8-14(18(19)12-17)11-15(20)4-2/h5-10,12,15H,3-4,11,20H2,1-2H3. The third-order valence-corrected chi connectivity index (χ3v) is 4.31. The van der Waals surface area contributed by atoms with Crippen LogP contribution in [0.3, 0.4) is 0 Å². The molecule has 2 aromatic carbocycles. The normalized spacial score (nSPS) is 12.2. The number of hydrogen-bond acceptors (Lipinski definition) is 2. The number of nitrogens with two attached hydrogens (primary N) is 1. The second-order valence-electron chi connectivity index (χ2n) is 5.23. The lowest BCUT2D eigenvalue weighted by Gasteiger charge is -2.12. The van der Waals surface area contributed by atoms with E-state index in [1.54, 1.807) is 0 Å². The van der Waals surface area contributed by atoms with Gasteiger partial charge in [0.15, 0.2) is 0 Å². The third kappa shape index (κ3) is 4.58. The van der Waals surface area contributed by atoms with Crippen molar-refractivity contribution in [2.75, 3.05) is 0 Å². The van der Waals surface area contributed by atoms with Gasteiger partial charge in [-0.2, -0.15) is 0 Å². The lowest BCUT2D eigenvalue weighted by atomic mass is 10.0. The topological polar surface area (TPSA) is 35.2 Å². The zero-order valence-electron chi connectivity index (χ0n) is 12.6. The van der Waals surface area contributed by atoms with Crippen LogP contribution < -0.4 is 10.5 Å². The van der Waals surface area contributed by atoms with E-state index < -0.39 is 0 Å². The maximum Gasteiger partial charge on any atom is 0.128 e. The van der Waals surface area contributed by atoms with Crippen molar-refractivity contribution in [2.24, 2.45) is 5.73 Å². The van der Waals surface area contributed by atoms with Crippen LogP contribution in [-0.2, 0) is 12.8 Å². The van der Waals surface area contributed by atoms with Gasteiger partial charge in [0.05, 0.1) is 0 Å². The predicted molar refractivity (Wildman–Crippen MR) is 92.0 cm³/mol. The molecule has 0 fully saturated rings. The molecule has 1 unspecified atom stereocenters. The van der Waals surface area contributed by atoms with Crippen molar-refractivity contribution in [3.63, 3.8) is 0 Å². The molecule has 0 aromatic heterocycles. The van der Waals surface area contributed by atoms with Crippen molar-refractivity contribution in [2.45, 2.75) is 39.2 Å². The van der Waals surface area contributed by atoms with Crippen LogP contribution in [0.25, 0.3) is 0 Å². The molecule has 0 saturated heterocycles. The molecule has 2 aromatic rings. The molecule has 0 aliphatic rings. The molecular formula is C18H22BrNO. The van der Waals surface area contributed by atoms with Crippen molar-refractivity contribution >= 4 is 15.9 Å². The maximum absolute atomic E-state index is 6.02. The minimum absolute atomic E-state index is 0.203.